The van der Waals surface area contributed by atoms with Gasteiger partial charge in [-0.15, -0.1) is 0 Å². The maximum absolute atomic E-state index is 5.83. The third kappa shape index (κ3) is 2.65. The number of hydrogen-bond acceptors (Lipinski definition) is 5. The van der Waals surface area contributed by atoms with Crippen LogP contribution in [0.25, 0.3) is 0 Å². The molecule has 0 radical (unpaired) electrons. The van der Waals surface area contributed by atoms with Gasteiger partial charge in [-0.25, -0.2) is 4.98 Å². The normalized spacial score (nSPS) is 10.4. The summed E-state index contributed by atoms with van der Waals surface area (Å²) in [7, 11) is 1.81. The Morgan fingerprint density at radius 1 is 1.44 bits per heavy atom. The number of aromatic nitrogens is 4. The van der Waals surface area contributed by atoms with E-state index < -0.39 is 0 Å². The second-order valence-corrected chi connectivity index (χ2v) is 4.13. The average Bonchev–Trinajstić information content (AvgIpc) is 2.63. The van der Waals surface area contributed by atoms with Crippen LogP contribution in [0, 0.1) is 0 Å². The fraction of sp³-hybridized carbons (Fsp3) is 0.222. The molecule has 0 aliphatic rings. The Morgan fingerprint density at radius 2 is 2.25 bits per heavy atom. The van der Waals surface area contributed by atoms with Crippen molar-refractivity contribution < 1.29 is 4.74 Å². The summed E-state index contributed by atoms with van der Waals surface area (Å²) in [5, 5.41) is 4.92. The van der Waals surface area contributed by atoms with Crippen molar-refractivity contribution in [1.29, 1.82) is 0 Å². The highest BCUT2D eigenvalue weighted by Crippen LogP contribution is 2.23. The van der Waals surface area contributed by atoms with Gasteiger partial charge in [0, 0.05) is 13.1 Å². The van der Waals surface area contributed by atoms with E-state index in [-0.39, 0.29) is 0 Å². The molecule has 0 saturated heterocycles. The molecule has 2 aromatic rings. The maximum Gasteiger partial charge on any atom is 0.224 e. The van der Waals surface area contributed by atoms with Crippen molar-refractivity contribution >= 4 is 23.4 Å². The van der Waals surface area contributed by atoms with Gasteiger partial charge in [-0.05, 0) is 6.26 Å². The lowest BCUT2D eigenvalue weighted by molar-refractivity contribution is 0.455. The molecule has 0 aromatic carbocycles. The van der Waals surface area contributed by atoms with Gasteiger partial charge in [0.1, 0.15) is 5.15 Å². The van der Waals surface area contributed by atoms with Gasteiger partial charge >= 0.3 is 0 Å². The van der Waals surface area contributed by atoms with Crippen LogP contribution in [0.2, 0.25) is 5.15 Å². The highest BCUT2D eigenvalue weighted by atomic mass is 35.5. The fourth-order valence-electron chi connectivity index (χ4n) is 1.09. The summed E-state index contributed by atoms with van der Waals surface area (Å²) < 4.78 is 7.14. The number of aryl methyl sites for hydroxylation is 1. The van der Waals surface area contributed by atoms with E-state index in [4.69, 9.17) is 16.3 Å². The lowest BCUT2D eigenvalue weighted by Crippen LogP contribution is -1.92. The quantitative estimate of drug-likeness (QED) is 0.479. The lowest BCUT2D eigenvalue weighted by Gasteiger charge is -2.03. The third-order valence-corrected chi connectivity index (χ3v) is 2.48. The van der Waals surface area contributed by atoms with E-state index in [9.17, 15) is 0 Å². The van der Waals surface area contributed by atoms with E-state index >= 15 is 0 Å². The van der Waals surface area contributed by atoms with Crippen molar-refractivity contribution in [3.05, 3.63) is 23.6 Å². The minimum atomic E-state index is 0.359. The number of rotatable bonds is 3. The van der Waals surface area contributed by atoms with Crippen molar-refractivity contribution in [2.75, 3.05) is 6.26 Å². The summed E-state index contributed by atoms with van der Waals surface area (Å²) in [5.41, 5.74) is 0. The molecule has 0 aliphatic heterocycles. The Kier molecular flexibility index (Phi) is 3.31. The zero-order chi connectivity index (χ0) is 11.5. The van der Waals surface area contributed by atoms with Crippen molar-refractivity contribution in [3.8, 4) is 11.6 Å². The van der Waals surface area contributed by atoms with Gasteiger partial charge in [0.2, 0.25) is 5.88 Å². The molecule has 0 N–H and O–H groups in total. The number of nitrogens with zero attached hydrogens (tertiary/aromatic N) is 4. The molecule has 0 spiro atoms. The molecule has 0 atom stereocenters. The number of ether oxygens (including phenoxy) is 1. The molecular weight excluding hydrogens is 248 g/mol. The van der Waals surface area contributed by atoms with E-state index in [1.54, 1.807) is 23.1 Å². The smallest absolute Gasteiger partial charge is 0.224 e. The van der Waals surface area contributed by atoms with Crippen molar-refractivity contribution in [3.63, 3.8) is 0 Å². The monoisotopic (exact) mass is 256 g/mol. The van der Waals surface area contributed by atoms with Gasteiger partial charge in [0.15, 0.2) is 10.9 Å². The molecule has 84 valence electrons. The molecule has 0 aliphatic carbocycles. The molecule has 2 rings (SSSR count). The van der Waals surface area contributed by atoms with Gasteiger partial charge in [0.05, 0.1) is 12.4 Å². The van der Waals surface area contributed by atoms with Crippen LogP contribution in [0.15, 0.2) is 23.6 Å². The minimum absolute atomic E-state index is 0.359. The van der Waals surface area contributed by atoms with Gasteiger partial charge in [-0.2, -0.15) is 10.1 Å². The maximum atomic E-state index is 5.83. The molecule has 0 fully saturated rings. The highest BCUT2D eigenvalue weighted by molar-refractivity contribution is 7.98. The summed E-state index contributed by atoms with van der Waals surface area (Å²) in [6.45, 7) is 0. The first kappa shape index (κ1) is 11.2. The van der Waals surface area contributed by atoms with E-state index in [2.05, 4.69) is 15.1 Å². The van der Waals surface area contributed by atoms with Crippen LogP contribution >= 0.6 is 23.4 Å². The summed E-state index contributed by atoms with van der Waals surface area (Å²) in [6, 6.07) is 1.56. The largest absolute Gasteiger partial charge is 0.436 e. The molecule has 0 unspecified atom stereocenters. The van der Waals surface area contributed by atoms with Gasteiger partial charge in [-0.1, -0.05) is 23.4 Å². The predicted molar refractivity (Wildman–Crippen MR) is 62.1 cm³/mol. The fourth-order valence-corrected chi connectivity index (χ4v) is 1.69. The molecule has 2 heterocycles. The first-order valence-electron chi connectivity index (χ1n) is 4.42. The second kappa shape index (κ2) is 4.71. The Hall–Kier alpha value is -1.27. The zero-order valence-corrected chi connectivity index (χ0v) is 10.3. The predicted octanol–water partition coefficient (Wildman–Crippen LogP) is 2.38. The van der Waals surface area contributed by atoms with Crippen LogP contribution in [0.5, 0.6) is 11.6 Å². The molecule has 0 saturated carbocycles. The number of thioether (sulfide) groups is 1. The molecule has 7 heteroatoms. The molecule has 0 amide bonds. The lowest BCUT2D eigenvalue weighted by atomic mass is 10.6. The summed E-state index contributed by atoms with van der Waals surface area (Å²) in [4.78, 5) is 8.18. The second-order valence-electron chi connectivity index (χ2n) is 2.97. The molecule has 5 nitrogen and oxygen atoms in total. The Bertz CT molecular complexity index is 502. The van der Waals surface area contributed by atoms with Crippen LogP contribution < -0.4 is 4.74 Å². The highest BCUT2D eigenvalue weighted by Gasteiger charge is 2.05. The van der Waals surface area contributed by atoms with Crippen LogP contribution in [0.3, 0.4) is 0 Å². The molecule has 2 aromatic heterocycles. The first-order valence-corrected chi connectivity index (χ1v) is 6.03. The summed E-state index contributed by atoms with van der Waals surface area (Å²) in [6.07, 6.45) is 5.23. The summed E-state index contributed by atoms with van der Waals surface area (Å²) >= 11 is 7.24. The number of halogens is 1. The van der Waals surface area contributed by atoms with Gasteiger partial charge < -0.3 is 4.74 Å². The molecule has 16 heavy (non-hydrogen) atoms. The minimum Gasteiger partial charge on any atom is -0.436 e. The third-order valence-electron chi connectivity index (χ3n) is 1.74. The Morgan fingerprint density at radius 3 is 2.88 bits per heavy atom. The van der Waals surface area contributed by atoms with Crippen LogP contribution in [-0.4, -0.2) is 26.0 Å². The zero-order valence-electron chi connectivity index (χ0n) is 8.72. The first-order chi connectivity index (χ1) is 7.67. The van der Waals surface area contributed by atoms with Crippen molar-refractivity contribution in [2.24, 2.45) is 7.05 Å². The van der Waals surface area contributed by atoms with Gasteiger partial charge in [-0.3, -0.25) is 4.68 Å². The summed E-state index contributed by atoms with van der Waals surface area (Å²) in [5.74, 6) is 1.03. The van der Waals surface area contributed by atoms with Crippen molar-refractivity contribution in [2.45, 2.75) is 5.16 Å². The van der Waals surface area contributed by atoms with Crippen LogP contribution in [0.1, 0.15) is 0 Å². The molecular formula is C9H9ClN4OS. The Balaban J connectivity index is 2.24. The van der Waals surface area contributed by atoms with E-state index in [0.29, 0.717) is 21.9 Å². The van der Waals surface area contributed by atoms with E-state index in [0.717, 1.165) is 0 Å². The Labute approximate surface area is 102 Å². The van der Waals surface area contributed by atoms with Gasteiger partial charge in [0.25, 0.3) is 0 Å². The standard InChI is InChI=1S/C9H9ClN4OS/c1-14-5-6(4-11-14)15-8-3-7(10)12-9(13-8)16-2/h3-5H,1-2H3. The van der Waals surface area contributed by atoms with E-state index in [1.165, 1.54) is 11.8 Å². The molecule has 0 bridgehead atoms. The van der Waals surface area contributed by atoms with E-state index in [1.807, 2.05) is 13.3 Å². The average molecular weight is 257 g/mol. The van der Waals surface area contributed by atoms with Crippen LogP contribution in [-0.2, 0) is 7.05 Å². The van der Waals surface area contributed by atoms with Crippen LogP contribution in [0.4, 0.5) is 0 Å². The SMILES string of the molecule is CSc1nc(Cl)cc(Oc2cnn(C)c2)n1. The topological polar surface area (TPSA) is 52.8 Å². The number of hydrogen-bond donors (Lipinski definition) is 0. The van der Waals surface area contributed by atoms with Crippen molar-refractivity contribution in [1.82, 2.24) is 19.7 Å².